The number of aliphatic imine (C=N–C) groups is 1. The van der Waals surface area contributed by atoms with Crippen LogP contribution in [-0.2, 0) is 6.54 Å². The monoisotopic (exact) mass is 195 g/mol. The van der Waals surface area contributed by atoms with Crippen molar-refractivity contribution in [2.24, 2.45) is 10.7 Å². The van der Waals surface area contributed by atoms with Crippen molar-refractivity contribution in [1.29, 1.82) is 0 Å². The zero-order chi connectivity index (χ0) is 10.6. The lowest BCUT2D eigenvalue weighted by molar-refractivity contribution is 0.723. The largest absolute Gasteiger partial charge is 0.370 e. The van der Waals surface area contributed by atoms with E-state index in [1.165, 1.54) is 0 Å². The number of rotatable bonds is 3. The van der Waals surface area contributed by atoms with E-state index in [0.717, 1.165) is 11.3 Å². The van der Waals surface area contributed by atoms with E-state index in [2.05, 4.69) is 20.5 Å². The first-order valence-corrected chi connectivity index (χ1v) is 4.65. The van der Waals surface area contributed by atoms with Crippen molar-refractivity contribution in [3.8, 4) is 0 Å². The molecular formula is C9H17N5. The Balaban J connectivity index is 2.50. The van der Waals surface area contributed by atoms with Gasteiger partial charge in [-0.3, -0.25) is 5.10 Å². The summed E-state index contributed by atoms with van der Waals surface area (Å²) in [6.07, 6.45) is 1.77. The van der Waals surface area contributed by atoms with Crippen LogP contribution < -0.4 is 11.1 Å². The predicted molar refractivity (Wildman–Crippen MR) is 56.9 cm³/mol. The fourth-order valence-corrected chi connectivity index (χ4v) is 1.05. The predicted octanol–water partition coefficient (Wildman–Crippen LogP) is 0.531. The van der Waals surface area contributed by atoms with Gasteiger partial charge in [0.05, 0.1) is 12.7 Å². The number of aromatic nitrogens is 2. The Hall–Kier alpha value is -1.52. The second-order valence-corrected chi connectivity index (χ2v) is 3.52. The van der Waals surface area contributed by atoms with Gasteiger partial charge in [0, 0.05) is 17.3 Å². The van der Waals surface area contributed by atoms with Crippen molar-refractivity contribution in [2.45, 2.75) is 33.4 Å². The summed E-state index contributed by atoms with van der Waals surface area (Å²) >= 11 is 0. The number of hydrogen-bond donors (Lipinski definition) is 3. The second kappa shape index (κ2) is 4.64. The highest BCUT2D eigenvalue weighted by Crippen LogP contribution is 2.03. The van der Waals surface area contributed by atoms with Crippen LogP contribution >= 0.6 is 0 Å². The van der Waals surface area contributed by atoms with Crippen molar-refractivity contribution in [3.05, 3.63) is 17.5 Å². The van der Waals surface area contributed by atoms with E-state index in [4.69, 9.17) is 5.73 Å². The molecule has 78 valence electrons. The topological polar surface area (TPSA) is 79.1 Å². The Morgan fingerprint density at radius 1 is 1.71 bits per heavy atom. The van der Waals surface area contributed by atoms with Gasteiger partial charge in [0.25, 0.3) is 0 Å². The minimum absolute atomic E-state index is 0.309. The van der Waals surface area contributed by atoms with Crippen LogP contribution in [0.1, 0.15) is 25.1 Å². The maximum absolute atomic E-state index is 5.65. The van der Waals surface area contributed by atoms with Gasteiger partial charge in [-0.1, -0.05) is 0 Å². The molecule has 0 fully saturated rings. The summed E-state index contributed by atoms with van der Waals surface area (Å²) in [4.78, 5) is 4.19. The molecule has 0 unspecified atom stereocenters. The standard InChI is InChI=1S/C9H17N5/c1-6(2)13-9(10)11-4-8-5-12-14-7(8)3/h5-6H,4H2,1-3H3,(H,12,14)(H3,10,11,13). The number of aryl methyl sites for hydroxylation is 1. The van der Waals surface area contributed by atoms with Gasteiger partial charge in [0.2, 0.25) is 0 Å². The lowest BCUT2D eigenvalue weighted by Crippen LogP contribution is -2.36. The number of guanidine groups is 1. The van der Waals surface area contributed by atoms with Crippen LogP contribution in [0, 0.1) is 6.92 Å². The molecule has 0 atom stereocenters. The normalized spacial score (nSPS) is 12.1. The quantitative estimate of drug-likeness (QED) is 0.486. The van der Waals surface area contributed by atoms with Gasteiger partial charge in [-0.15, -0.1) is 0 Å². The Labute approximate surface area is 83.8 Å². The molecule has 1 rings (SSSR count). The molecule has 1 aromatic rings. The SMILES string of the molecule is Cc1[nH]ncc1CN=C(N)NC(C)C. The van der Waals surface area contributed by atoms with E-state index < -0.39 is 0 Å². The molecule has 0 aromatic carbocycles. The Morgan fingerprint density at radius 2 is 2.43 bits per heavy atom. The highest BCUT2D eigenvalue weighted by Gasteiger charge is 1.99. The average Bonchev–Trinajstić information content (AvgIpc) is 2.46. The van der Waals surface area contributed by atoms with Crippen molar-refractivity contribution < 1.29 is 0 Å². The molecule has 0 aliphatic heterocycles. The van der Waals surface area contributed by atoms with Crippen molar-refractivity contribution in [2.75, 3.05) is 0 Å². The van der Waals surface area contributed by atoms with Crippen LogP contribution in [0.2, 0.25) is 0 Å². The van der Waals surface area contributed by atoms with E-state index in [9.17, 15) is 0 Å². The highest BCUT2D eigenvalue weighted by molar-refractivity contribution is 5.78. The van der Waals surface area contributed by atoms with Crippen LogP contribution in [0.25, 0.3) is 0 Å². The number of nitrogens with one attached hydrogen (secondary N) is 2. The molecule has 14 heavy (non-hydrogen) atoms. The Bertz CT molecular complexity index is 313. The smallest absolute Gasteiger partial charge is 0.189 e. The van der Waals surface area contributed by atoms with Gasteiger partial charge in [0.15, 0.2) is 5.96 Å². The number of nitrogens with zero attached hydrogens (tertiary/aromatic N) is 2. The maximum Gasteiger partial charge on any atom is 0.189 e. The summed E-state index contributed by atoms with van der Waals surface area (Å²) < 4.78 is 0. The summed E-state index contributed by atoms with van der Waals surface area (Å²) in [6, 6.07) is 0.309. The minimum Gasteiger partial charge on any atom is -0.370 e. The van der Waals surface area contributed by atoms with Crippen LogP contribution in [0.4, 0.5) is 0 Å². The maximum atomic E-state index is 5.65. The lowest BCUT2D eigenvalue weighted by atomic mass is 10.3. The molecule has 4 N–H and O–H groups in total. The zero-order valence-electron chi connectivity index (χ0n) is 8.83. The zero-order valence-corrected chi connectivity index (χ0v) is 8.83. The van der Waals surface area contributed by atoms with E-state index in [0.29, 0.717) is 18.5 Å². The van der Waals surface area contributed by atoms with Gasteiger partial charge in [0.1, 0.15) is 0 Å². The fourth-order valence-electron chi connectivity index (χ4n) is 1.05. The molecule has 0 radical (unpaired) electrons. The first-order chi connectivity index (χ1) is 6.59. The molecule has 0 bridgehead atoms. The molecule has 0 saturated heterocycles. The molecule has 0 spiro atoms. The van der Waals surface area contributed by atoms with Crippen LogP contribution in [-0.4, -0.2) is 22.2 Å². The molecule has 5 nitrogen and oxygen atoms in total. The van der Waals surface area contributed by atoms with Gasteiger partial charge in [-0.2, -0.15) is 5.10 Å². The minimum atomic E-state index is 0.309. The third kappa shape index (κ3) is 3.08. The van der Waals surface area contributed by atoms with E-state index >= 15 is 0 Å². The molecule has 1 heterocycles. The molecule has 5 heteroatoms. The van der Waals surface area contributed by atoms with Crippen LogP contribution in [0.15, 0.2) is 11.2 Å². The van der Waals surface area contributed by atoms with Gasteiger partial charge >= 0.3 is 0 Å². The third-order valence-electron chi connectivity index (χ3n) is 1.79. The van der Waals surface area contributed by atoms with E-state index in [1.54, 1.807) is 6.20 Å². The molecule has 1 aromatic heterocycles. The lowest BCUT2D eigenvalue weighted by Gasteiger charge is -2.07. The third-order valence-corrected chi connectivity index (χ3v) is 1.79. The van der Waals surface area contributed by atoms with E-state index in [1.807, 2.05) is 20.8 Å². The van der Waals surface area contributed by atoms with Crippen molar-refractivity contribution in [3.63, 3.8) is 0 Å². The van der Waals surface area contributed by atoms with Crippen LogP contribution in [0.3, 0.4) is 0 Å². The summed E-state index contributed by atoms with van der Waals surface area (Å²) in [5, 5.41) is 9.78. The first-order valence-electron chi connectivity index (χ1n) is 4.65. The van der Waals surface area contributed by atoms with Gasteiger partial charge in [-0.25, -0.2) is 4.99 Å². The highest BCUT2D eigenvalue weighted by atomic mass is 15.1. The molecule has 0 saturated carbocycles. The Kier molecular flexibility index (Phi) is 3.50. The summed E-state index contributed by atoms with van der Waals surface area (Å²) in [7, 11) is 0. The van der Waals surface area contributed by atoms with Gasteiger partial charge in [-0.05, 0) is 20.8 Å². The van der Waals surface area contributed by atoms with Crippen molar-refractivity contribution in [1.82, 2.24) is 15.5 Å². The van der Waals surface area contributed by atoms with Crippen molar-refractivity contribution >= 4 is 5.96 Å². The first kappa shape index (κ1) is 10.6. The summed E-state index contributed by atoms with van der Waals surface area (Å²) in [5.74, 6) is 0.473. The molecule has 0 aliphatic rings. The number of aromatic amines is 1. The van der Waals surface area contributed by atoms with Gasteiger partial charge < -0.3 is 11.1 Å². The fraction of sp³-hybridized carbons (Fsp3) is 0.556. The molecule has 0 aliphatic carbocycles. The summed E-state index contributed by atoms with van der Waals surface area (Å²) in [5.41, 5.74) is 7.75. The average molecular weight is 195 g/mol. The number of H-pyrrole nitrogens is 1. The summed E-state index contributed by atoms with van der Waals surface area (Å²) in [6.45, 7) is 6.56. The molecular weight excluding hydrogens is 178 g/mol. The van der Waals surface area contributed by atoms with E-state index in [-0.39, 0.29) is 0 Å². The second-order valence-electron chi connectivity index (χ2n) is 3.52. The Morgan fingerprint density at radius 3 is 2.93 bits per heavy atom. The molecule has 0 amide bonds. The number of hydrogen-bond acceptors (Lipinski definition) is 2. The number of nitrogens with two attached hydrogens (primary N) is 1. The van der Waals surface area contributed by atoms with Crippen LogP contribution in [0.5, 0.6) is 0 Å².